The molecule has 1 rings (SSSR count). The minimum atomic E-state index is 0.125. The van der Waals surface area contributed by atoms with Crippen molar-refractivity contribution >= 4 is 18.4 Å². The summed E-state index contributed by atoms with van der Waals surface area (Å²) in [5.41, 5.74) is 0. The molecule has 0 radical (unpaired) electrons. The molecule has 0 aromatic heterocycles. The lowest BCUT2D eigenvalue weighted by Crippen LogP contribution is -1.61. The first-order chi connectivity index (χ1) is 3.43. The van der Waals surface area contributed by atoms with Crippen molar-refractivity contribution in [3.8, 4) is 0 Å². The maximum atomic E-state index is 9.62. The van der Waals surface area contributed by atoms with E-state index in [9.17, 15) is 4.79 Å². The predicted molar refractivity (Wildman–Crippen MR) is 26.2 cm³/mol. The molecule has 0 aromatic rings. The molecule has 3 nitrogen and oxygen atoms in total. The molecule has 0 bridgehead atoms. The lowest BCUT2D eigenvalue weighted by Gasteiger charge is -1.67. The molecular formula is C4H2N2O. The SMILES string of the molecule is O=C=C1N=CC=N1. The lowest BCUT2D eigenvalue weighted by molar-refractivity contribution is 0.566. The number of carbonyl (C=O) groups excluding carboxylic acids is 1. The standard InChI is InChI=1S/C4H2N2O/c7-3-4-5-1-2-6-4/h1-2H. The van der Waals surface area contributed by atoms with Gasteiger partial charge in [0.2, 0.25) is 5.82 Å². The highest BCUT2D eigenvalue weighted by atomic mass is 16.1. The minimum Gasteiger partial charge on any atom is -0.229 e. The van der Waals surface area contributed by atoms with Crippen LogP contribution in [0.25, 0.3) is 0 Å². The summed E-state index contributed by atoms with van der Waals surface area (Å²) >= 11 is 0. The van der Waals surface area contributed by atoms with Gasteiger partial charge in [-0.1, -0.05) is 0 Å². The molecule has 7 heavy (non-hydrogen) atoms. The van der Waals surface area contributed by atoms with Crippen molar-refractivity contribution in [2.45, 2.75) is 0 Å². The highest BCUT2D eigenvalue weighted by Crippen LogP contribution is 1.93. The third-order valence-corrected chi connectivity index (χ3v) is 0.552. The summed E-state index contributed by atoms with van der Waals surface area (Å²) in [6.45, 7) is 0. The van der Waals surface area contributed by atoms with Crippen molar-refractivity contribution < 1.29 is 4.79 Å². The van der Waals surface area contributed by atoms with E-state index < -0.39 is 0 Å². The molecule has 0 aromatic carbocycles. The van der Waals surface area contributed by atoms with Gasteiger partial charge in [0.15, 0.2) is 5.94 Å². The van der Waals surface area contributed by atoms with Crippen LogP contribution in [0, 0.1) is 0 Å². The maximum Gasteiger partial charge on any atom is 0.238 e. The van der Waals surface area contributed by atoms with Gasteiger partial charge in [0.1, 0.15) is 0 Å². The van der Waals surface area contributed by atoms with Gasteiger partial charge in [0.25, 0.3) is 0 Å². The highest BCUT2D eigenvalue weighted by molar-refractivity contribution is 6.18. The fourth-order valence-corrected chi connectivity index (χ4v) is 0.294. The van der Waals surface area contributed by atoms with E-state index in [4.69, 9.17) is 0 Å². The molecule has 0 spiro atoms. The van der Waals surface area contributed by atoms with Crippen molar-refractivity contribution in [2.24, 2.45) is 9.98 Å². The summed E-state index contributed by atoms with van der Waals surface area (Å²) in [7, 11) is 0. The second-order valence-corrected chi connectivity index (χ2v) is 0.982. The summed E-state index contributed by atoms with van der Waals surface area (Å²) in [4.78, 5) is 16.6. The van der Waals surface area contributed by atoms with Crippen molar-refractivity contribution in [2.75, 3.05) is 0 Å². The molecule has 3 heteroatoms. The predicted octanol–water partition coefficient (Wildman–Crippen LogP) is -0.185. The quantitative estimate of drug-likeness (QED) is 0.384. The average molecular weight is 94.1 g/mol. The molecule has 0 atom stereocenters. The molecule has 0 saturated carbocycles. The Kier molecular flexibility index (Phi) is 0.845. The molecule has 0 N–H and O–H groups in total. The van der Waals surface area contributed by atoms with E-state index in [1.54, 1.807) is 0 Å². The molecule has 0 aliphatic carbocycles. The first kappa shape index (κ1) is 3.96. The maximum absolute atomic E-state index is 9.62. The van der Waals surface area contributed by atoms with E-state index in [-0.39, 0.29) is 5.82 Å². The Morgan fingerprint density at radius 1 is 1.43 bits per heavy atom. The molecular weight excluding hydrogens is 92.1 g/mol. The van der Waals surface area contributed by atoms with Gasteiger partial charge in [-0.3, -0.25) is 0 Å². The molecule has 0 amide bonds. The smallest absolute Gasteiger partial charge is 0.229 e. The number of hydrogen-bond acceptors (Lipinski definition) is 3. The van der Waals surface area contributed by atoms with Gasteiger partial charge in [-0.15, -0.1) is 0 Å². The third-order valence-electron chi connectivity index (χ3n) is 0.552. The lowest BCUT2D eigenvalue weighted by atomic mass is 10.9. The summed E-state index contributed by atoms with van der Waals surface area (Å²) < 4.78 is 0. The molecule has 34 valence electrons. The topological polar surface area (TPSA) is 41.8 Å². The number of rotatable bonds is 0. The van der Waals surface area contributed by atoms with Crippen LogP contribution < -0.4 is 0 Å². The summed E-state index contributed by atoms with van der Waals surface area (Å²) in [5, 5.41) is 0. The van der Waals surface area contributed by atoms with Crippen LogP contribution in [0.15, 0.2) is 15.8 Å². The van der Waals surface area contributed by atoms with Crippen LogP contribution in [0.1, 0.15) is 0 Å². The Hall–Kier alpha value is -1.21. The largest absolute Gasteiger partial charge is 0.238 e. The van der Waals surface area contributed by atoms with Gasteiger partial charge in [-0.25, -0.2) is 14.8 Å². The Morgan fingerprint density at radius 2 is 2.00 bits per heavy atom. The van der Waals surface area contributed by atoms with Gasteiger partial charge >= 0.3 is 0 Å². The van der Waals surface area contributed by atoms with Crippen LogP contribution in [-0.2, 0) is 4.79 Å². The van der Waals surface area contributed by atoms with E-state index in [1.807, 2.05) is 0 Å². The van der Waals surface area contributed by atoms with Gasteiger partial charge in [-0.05, 0) is 0 Å². The third kappa shape index (κ3) is 0.614. The van der Waals surface area contributed by atoms with E-state index in [1.165, 1.54) is 18.4 Å². The van der Waals surface area contributed by atoms with E-state index in [0.717, 1.165) is 0 Å². The normalized spacial score (nSPS) is 15.1. The zero-order valence-electron chi connectivity index (χ0n) is 3.46. The molecule has 1 aliphatic rings. The Bertz CT molecular complexity index is 160. The molecule has 1 aliphatic heterocycles. The van der Waals surface area contributed by atoms with E-state index in [0.29, 0.717) is 0 Å². The zero-order chi connectivity index (χ0) is 5.11. The van der Waals surface area contributed by atoms with Crippen LogP contribution >= 0.6 is 0 Å². The van der Waals surface area contributed by atoms with Crippen LogP contribution in [0.3, 0.4) is 0 Å². The van der Waals surface area contributed by atoms with Gasteiger partial charge in [-0.2, -0.15) is 0 Å². The van der Waals surface area contributed by atoms with Crippen molar-refractivity contribution in [3.05, 3.63) is 5.82 Å². The number of nitrogens with zero attached hydrogens (tertiary/aromatic N) is 2. The summed E-state index contributed by atoms with van der Waals surface area (Å²) in [6.07, 6.45) is 2.89. The van der Waals surface area contributed by atoms with Crippen molar-refractivity contribution in [1.82, 2.24) is 0 Å². The Morgan fingerprint density at radius 3 is 2.29 bits per heavy atom. The van der Waals surface area contributed by atoms with E-state index >= 15 is 0 Å². The second-order valence-electron chi connectivity index (χ2n) is 0.982. The fourth-order valence-electron chi connectivity index (χ4n) is 0.294. The van der Waals surface area contributed by atoms with Gasteiger partial charge in [0.05, 0.1) is 0 Å². The van der Waals surface area contributed by atoms with Crippen LogP contribution in [0.5, 0.6) is 0 Å². The van der Waals surface area contributed by atoms with Crippen LogP contribution in [0.4, 0.5) is 0 Å². The average Bonchev–Trinajstić information content (AvgIpc) is 2.14. The zero-order valence-corrected chi connectivity index (χ0v) is 3.46. The molecule has 0 unspecified atom stereocenters. The van der Waals surface area contributed by atoms with Crippen molar-refractivity contribution in [3.63, 3.8) is 0 Å². The highest BCUT2D eigenvalue weighted by Gasteiger charge is 1.89. The Balaban J connectivity index is 3.00. The van der Waals surface area contributed by atoms with Crippen LogP contribution in [0.2, 0.25) is 0 Å². The number of aliphatic imine (C=N–C) groups is 2. The molecule has 1 heterocycles. The molecule has 0 fully saturated rings. The summed E-state index contributed by atoms with van der Waals surface area (Å²) in [5.74, 6) is 1.66. The van der Waals surface area contributed by atoms with Crippen LogP contribution in [-0.4, -0.2) is 18.4 Å². The molecule has 0 saturated heterocycles. The first-order valence-corrected chi connectivity index (χ1v) is 1.75. The first-order valence-electron chi connectivity index (χ1n) is 1.75. The van der Waals surface area contributed by atoms with Crippen molar-refractivity contribution in [1.29, 1.82) is 0 Å². The Labute approximate surface area is 40.1 Å². The second kappa shape index (κ2) is 1.49. The van der Waals surface area contributed by atoms with Gasteiger partial charge in [0, 0.05) is 12.4 Å². The summed E-state index contributed by atoms with van der Waals surface area (Å²) in [6, 6.07) is 0. The fraction of sp³-hybridized carbons (Fsp3) is 0. The monoisotopic (exact) mass is 94.0 g/mol. The van der Waals surface area contributed by atoms with Gasteiger partial charge < -0.3 is 0 Å². The minimum absolute atomic E-state index is 0.125. The number of hydrogen-bond donors (Lipinski definition) is 0. The van der Waals surface area contributed by atoms with E-state index in [2.05, 4.69) is 9.98 Å².